The standard InChI is InChI=1S/C13H11ClFN3OS/c1-8-7-20-13(17-8)5-12(19)18-16-6-9-10(14)3-2-4-11(9)15/h2-4,6-7H,5H2,1H3,(H,18,19)/b16-6-. The Bertz CT molecular complexity index is 637. The molecule has 0 aliphatic rings. The third-order valence-electron chi connectivity index (χ3n) is 2.36. The van der Waals surface area contributed by atoms with Gasteiger partial charge in [-0.15, -0.1) is 11.3 Å². The molecule has 0 saturated heterocycles. The molecule has 104 valence electrons. The molecule has 0 atom stereocenters. The Morgan fingerprint density at radius 3 is 3.05 bits per heavy atom. The third-order valence-corrected chi connectivity index (χ3v) is 3.66. The summed E-state index contributed by atoms with van der Waals surface area (Å²) < 4.78 is 13.4. The van der Waals surface area contributed by atoms with Gasteiger partial charge in [0.2, 0.25) is 5.91 Å². The van der Waals surface area contributed by atoms with Crippen LogP contribution in [-0.2, 0) is 11.2 Å². The first-order chi connectivity index (χ1) is 9.56. The largest absolute Gasteiger partial charge is 0.273 e. The number of aromatic nitrogens is 1. The zero-order valence-corrected chi connectivity index (χ0v) is 12.1. The van der Waals surface area contributed by atoms with Crippen LogP contribution in [0.3, 0.4) is 0 Å². The van der Waals surface area contributed by atoms with Crippen LogP contribution < -0.4 is 5.43 Å². The first-order valence-electron chi connectivity index (χ1n) is 5.73. The van der Waals surface area contributed by atoms with Gasteiger partial charge in [0.1, 0.15) is 10.8 Å². The number of benzene rings is 1. The number of carbonyl (C=O) groups excluding carboxylic acids is 1. The second kappa shape index (κ2) is 6.58. The monoisotopic (exact) mass is 311 g/mol. The predicted molar refractivity (Wildman–Crippen MR) is 77.7 cm³/mol. The Hall–Kier alpha value is -1.79. The average Bonchev–Trinajstić information content (AvgIpc) is 2.78. The summed E-state index contributed by atoms with van der Waals surface area (Å²) in [6, 6.07) is 4.32. The van der Waals surface area contributed by atoms with E-state index < -0.39 is 5.82 Å². The molecule has 7 heteroatoms. The molecule has 1 heterocycles. The Morgan fingerprint density at radius 1 is 1.60 bits per heavy atom. The Labute approximate surface area is 124 Å². The van der Waals surface area contributed by atoms with Gasteiger partial charge in [-0.1, -0.05) is 17.7 Å². The van der Waals surface area contributed by atoms with Crippen molar-refractivity contribution >= 4 is 35.1 Å². The van der Waals surface area contributed by atoms with Crippen LogP contribution >= 0.6 is 22.9 Å². The molecular weight excluding hydrogens is 301 g/mol. The molecule has 0 radical (unpaired) electrons. The lowest BCUT2D eigenvalue weighted by molar-refractivity contribution is -0.120. The number of halogens is 2. The number of hydrazone groups is 1. The minimum absolute atomic E-state index is 0.138. The van der Waals surface area contributed by atoms with Gasteiger partial charge in [0.05, 0.1) is 17.7 Å². The summed E-state index contributed by atoms with van der Waals surface area (Å²) in [6.45, 7) is 1.86. The van der Waals surface area contributed by atoms with E-state index in [1.807, 2.05) is 12.3 Å². The first-order valence-corrected chi connectivity index (χ1v) is 6.99. The summed E-state index contributed by atoms with van der Waals surface area (Å²) in [5.41, 5.74) is 3.33. The topological polar surface area (TPSA) is 54.4 Å². The number of thiazole rings is 1. The van der Waals surface area contributed by atoms with E-state index >= 15 is 0 Å². The normalized spacial score (nSPS) is 10.9. The van der Waals surface area contributed by atoms with Crippen LogP contribution in [0, 0.1) is 12.7 Å². The van der Waals surface area contributed by atoms with Gasteiger partial charge < -0.3 is 0 Å². The average molecular weight is 312 g/mol. The number of hydrogen-bond acceptors (Lipinski definition) is 4. The fourth-order valence-electron chi connectivity index (χ4n) is 1.46. The number of carbonyl (C=O) groups is 1. The summed E-state index contributed by atoms with van der Waals surface area (Å²) in [7, 11) is 0. The van der Waals surface area contributed by atoms with Crippen molar-refractivity contribution in [3.8, 4) is 0 Å². The highest BCUT2D eigenvalue weighted by Crippen LogP contribution is 2.16. The number of nitrogens with zero attached hydrogens (tertiary/aromatic N) is 2. The van der Waals surface area contributed by atoms with Crippen molar-refractivity contribution in [2.75, 3.05) is 0 Å². The van der Waals surface area contributed by atoms with Crippen molar-refractivity contribution < 1.29 is 9.18 Å². The zero-order valence-electron chi connectivity index (χ0n) is 10.6. The van der Waals surface area contributed by atoms with Gasteiger partial charge >= 0.3 is 0 Å². The van der Waals surface area contributed by atoms with Crippen LogP contribution in [0.25, 0.3) is 0 Å². The maximum atomic E-state index is 13.4. The molecule has 0 aliphatic carbocycles. The molecule has 20 heavy (non-hydrogen) atoms. The molecular formula is C13H11ClFN3OS. The van der Waals surface area contributed by atoms with Crippen LogP contribution in [0.5, 0.6) is 0 Å². The van der Waals surface area contributed by atoms with E-state index in [1.165, 1.54) is 29.7 Å². The smallest absolute Gasteiger partial charge is 0.246 e. The van der Waals surface area contributed by atoms with E-state index in [9.17, 15) is 9.18 Å². The van der Waals surface area contributed by atoms with Crippen LogP contribution in [0.2, 0.25) is 5.02 Å². The summed E-state index contributed by atoms with van der Waals surface area (Å²) in [6.07, 6.45) is 1.32. The van der Waals surface area contributed by atoms with Crippen molar-refractivity contribution in [2.45, 2.75) is 13.3 Å². The van der Waals surface area contributed by atoms with E-state index in [-0.39, 0.29) is 22.9 Å². The van der Waals surface area contributed by atoms with Crippen molar-refractivity contribution in [1.29, 1.82) is 0 Å². The highest BCUT2D eigenvalue weighted by molar-refractivity contribution is 7.09. The Kier molecular flexibility index (Phi) is 4.81. The van der Waals surface area contributed by atoms with E-state index in [2.05, 4.69) is 15.5 Å². The first kappa shape index (κ1) is 14.6. The molecule has 4 nitrogen and oxygen atoms in total. The number of rotatable bonds is 4. The van der Waals surface area contributed by atoms with Gasteiger partial charge in [-0.05, 0) is 19.1 Å². The highest BCUT2D eigenvalue weighted by atomic mass is 35.5. The van der Waals surface area contributed by atoms with Gasteiger partial charge in [0, 0.05) is 16.6 Å². The second-order valence-corrected chi connectivity index (χ2v) is 5.34. The lowest BCUT2D eigenvalue weighted by Crippen LogP contribution is -2.19. The van der Waals surface area contributed by atoms with E-state index in [4.69, 9.17) is 11.6 Å². The summed E-state index contributed by atoms with van der Waals surface area (Å²) in [4.78, 5) is 15.8. The Balaban J connectivity index is 1.94. The highest BCUT2D eigenvalue weighted by Gasteiger charge is 2.06. The number of amides is 1. The van der Waals surface area contributed by atoms with Crippen molar-refractivity contribution in [3.05, 3.63) is 50.7 Å². The molecule has 0 fully saturated rings. The number of nitrogens with one attached hydrogen (secondary N) is 1. The van der Waals surface area contributed by atoms with Crippen molar-refractivity contribution in [2.24, 2.45) is 5.10 Å². The summed E-state index contributed by atoms with van der Waals surface area (Å²) in [5, 5.41) is 6.50. The SMILES string of the molecule is Cc1csc(CC(=O)N/N=C\c2c(F)cccc2Cl)n1. The molecule has 1 aromatic carbocycles. The second-order valence-electron chi connectivity index (χ2n) is 3.99. The molecule has 0 bridgehead atoms. The van der Waals surface area contributed by atoms with E-state index in [0.717, 1.165) is 5.69 Å². The maximum absolute atomic E-state index is 13.4. The molecule has 0 unspecified atom stereocenters. The van der Waals surface area contributed by atoms with Crippen molar-refractivity contribution in [1.82, 2.24) is 10.4 Å². The third kappa shape index (κ3) is 3.85. The molecule has 0 aliphatic heterocycles. The molecule has 2 rings (SSSR count). The zero-order chi connectivity index (χ0) is 14.5. The van der Waals surface area contributed by atoms with Gasteiger partial charge in [-0.25, -0.2) is 14.8 Å². The summed E-state index contributed by atoms with van der Waals surface area (Å²) in [5.74, 6) is -0.811. The van der Waals surface area contributed by atoms with Crippen LogP contribution in [-0.4, -0.2) is 17.1 Å². The van der Waals surface area contributed by atoms with Crippen LogP contribution in [0.15, 0.2) is 28.7 Å². The van der Waals surface area contributed by atoms with Crippen molar-refractivity contribution in [3.63, 3.8) is 0 Å². The molecule has 1 amide bonds. The maximum Gasteiger partial charge on any atom is 0.246 e. The fourth-order valence-corrected chi connectivity index (χ4v) is 2.45. The fraction of sp³-hybridized carbons (Fsp3) is 0.154. The molecule has 2 aromatic rings. The molecule has 0 saturated carbocycles. The van der Waals surface area contributed by atoms with Gasteiger partial charge in [-0.2, -0.15) is 5.10 Å². The van der Waals surface area contributed by atoms with E-state index in [1.54, 1.807) is 6.07 Å². The van der Waals surface area contributed by atoms with Gasteiger partial charge in [-0.3, -0.25) is 4.79 Å². The van der Waals surface area contributed by atoms with Gasteiger partial charge in [0.25, 0.3) is 0 Å². The van der Waals surface area contributed by atoms with Crippen LogP contribution in [0.1, 0.15) is 16.3 Å². The van der Waals surface area contributed by atoms with Crippen LogP contribution in [0.4, 0.5) is 4.39 Å². The molecule has 1 N–H and O–H groups in total. The lowest BCUT2D eigenvalue weighted by atomic mass is 10.2. The quantitative estimate of drug-likeness (QED) is 0.697. The minimum atomic E-state index is -0.494. The van der Waals surface area contributed by atoms with Gasteiger partial charge in [0.15, 0.2) is 0 Å². The number of aryl methyl sites for hydroxylation is 1. The molecule has 0 spiro atoms. The lowest BCUT2D eigenvalue weighted by Gasteiger charge is -2.00. The molecule has 1 aromatic heterocycles. The number of hydrogen-bond donors (Lipinski definition) is 1. The predicted octanol–water partition coefficient (Wildman–Crippen LogP) is 2.94. The Morgan fingerprint density at radius 2 is 2.40 bits per heavy atom. The minimum Gasteiger partial charge on any atom is -0.273 e. The summed E-state index contributed by atoms with van der Waals surface area (Å²) >= 11 is 7.23. The van der Waals surface area contributed by atoms with E-state index in [0.29, 0.717) is 5.01 Å².